The molecule has 5 heteroatoms. The van der Waals surface area contributed by atoms with Crippen molar-refractivity contribution in [3.63, 3.8) is 0 Å². The average molecular weight is 288 g/mol. The smallest absolute Gasteiger partial charge is 0.260 e. The van der Waals surface area contributed by atoms with E-state index in [0.29, 0.717) is 17.6 Å². The minimum atomic E-state index is -0.286. The third kappa shape index (κ3) is 2.04. The van der Waals surface area contributed by atoms with Crippen LogP contribution < -0.4 is 5.56 Å². The molecular formula is C15H13FN2OS. The normalized spacial score (nSPS) is 11.2. The van der Waals surface area contributed by atoms with Crippen molar-refractivity contribution in [1.29, 1.82) is 0 Å². The molecule has 0 unspecified atom stereocenters. The molecule has 20 heavy (non-hydrogen) atoms. The number of halogens is 1. The van der Waals surface area contributed by atoms with Crippen molar-refractivity contribution in [2.45, 2.75) is 20.3 Å². The zero-order valence-corrected chi connectivity index (χ0v) is 12.0. The van der Waals surface area contributed by atoms with Crippen molar-refractivity contribution in [3.05, 3.63) is 51.1 Å². The SMILES string of the molecule is CCc1nc2sc(C)c(-c3ccc(F)cc3)c2c(=O)[nH]1. The number of hydrogen-bond acceptors (Lipinski definition) is 3. The summed E-state index contributed by atoms with van der Waals surface area (Å²) in [6.45, 7) is 3.90. The minimum Gasteiger partial charge on any atom is -0.310 e. The van der Waals surface area contributed by atoms with Gasteiger partial charge in [0.2, 0.25) is 0 Å². The predicted molar refractivity (Wildman–Crippen MR) is 79.7 cm³/mol. The molecule has 0 aliphatic carbocycles. The molecule has 3 nitrogen and oxygen atoms in total. The van der Waals surface area contributed by atoms with Gasteiger partial charge >= 0.3 is 0 Å². The summed E-state index contributed by atoms with van der Waals surface area (Å²) < 4.78 is 13.0. The van der Waals surface area contributed by atoms with Crippen molar-refractivity contribution in [2.24, 2.45) is 0 Å². The van der Waals surface area contributed by atoms with Gasteiger partial charge in [-0.1, -0.05) is 19.1 Å². The van der Waals surface area contributed by atoms with Gasteiger partial charge in [-0.2, -0.15) is 0 Å². The van der Waals surface area contributed by atoms with Crippen LogP contribution in [0.1, 0.15) is 17.6 Å². The molecule has 2 heterocycles. The first-order valence-electron chi connectivity index (χ1n) is 6.38. The van der Waals surface area contributed by atoms with Crippen LogP contribution in [0, 0.1) is 12.7 Å². The lowest BCUT2D eigenvalue weighted by atomic mass is 10.0. The van der Waals surface area contributed by atoms with Gasteiger partial charge in [0.25, 0.3) is 5.56 Å². The lowest BCUT2D eigenvalue weighted by molar-refractivity contribution is 0.628. The summed E-state index contributed by atoms with van der Waals surface area (Å²) >= 11 is 1.50. The summed E-state index contributed by atoms with van der Waals surface area (Å²) in [6, 6.07) is 6.19. The van der Waals surface area contributed by atoms with Crippen LogP contribution in [0.5, 0.6) is 0 Å². The van der Waals surface area contributed by atoms with Gasteiger partial charge < -0.3 is 4.98 Å². The zero-order chi connectivity index (χ0) is 14.3. The number of aromatic amines is 1. The predicted octanol–water partition coefficient (Wildman–Crippen LogP) is 3.66. The molecule has 0 aliphatic rings. The van der Waals surface area contributed by atoms with Gasteiger partial charge in [-0.05, 0) is 24.6 Å². The summed E-state index contributed by atoms with van der Waals surface area (Å²) in [6.07, 6.45) is 0.689. The highest BCUT2D eigenvalue weighted by Gasteiger charge is 2.16. The second kappa shape index (κ2) is 4.83. The van der Waals surface area contributed by atoms with Crippen molar-refractivity contribution in [1.82, 2.24) is 9.97 Å². The molecule has 0 saturated heterocycles. The second-order valence-corrected chi connectivity index (χ2v) is 5.79. The van der Waals surface area contributed by atoms with Crippen LogP contribution in [0.15, 0.2) is 29.1 Å². The number of aryl methyl sites for hydroxylation is 2. The van der Waals surface area contributed by atoms with Gasteiger partial charge in [0.15, 0.2) is 0 Å². The highest BCUT2D eigenvalue weighted by atomic mass is 32.1. The monoisotopic (exact) mass is 288 g/mol. The Hall–Kier alpha value is -2.01. The molecule has 0 bridgehead atoms. The van der Waals surface area contributed by atoms with Gasteiger partial charge in [-0.3, -0.25) is 4.79 Å². The largest absolute Gasteiger partial charge is 0.310 e. The van der Waals surface area contributed by atoms with Crippen molar-refractivity contribution >= 4 is 21.6 Å². The molecule has 0 atom stereocenters. The molecule has 2 aromatic heterocycles. The molecule has 102 valence electrons. The maximum absolute atomic E-state index is 13.0. The fraction of sp³-hybridized carbons (Fsp3) is 0.200. The molecule has 0 aliphatic heterocycles. The van der Waals surface area contributed by atoms with E-state index in [-0.39, 0.29) is 11.4 Å². The van der Waals surface area contributed by atoms with Gasteiger partial charge in [-0.15, -0.1) is 11.3 Å². The number of rotatable bonds is 2. The first-order chi connectivity index (χ1) is 9.60. The van der Waals surface area contributed by atoms with E-state index in [1.807, 2.05) is 13.8 Å². The Balaban J connectivity index is 2.33. The number of fused-ring (bicyclic) bond motifs is 1. The molecule has 1 N–H and O–H groups in total. The number of nitrogens with zero attached hydrogens (tertiary/aromatic N) is 1. The average Bonchev–Trinajstić information content (AvgIpc) is 2.76. The summed E-state index contributed by atoms with van der Waals surface area (Å²) in [5, 5.41) is 0.594. The number of nitrogens with one attached hydrogen (secondary N) is 1. The molecule has 0 spiro atoms. The second-order valence-electron chi connectivity index (χ2n) is 4.59. The van der Waals surface area contributed by atoms with Crippen LogP contribution in [0.2, 0.25) is 0 Å². The Morgan fingerprint density at radius 3 is 2.65 bits per heavy atom. The van der Waals surface area contributed by atoms with Gasteiger partial charge in [-0.25, -0.2) is 9.37 Å². The Morgan fingerprint density at radius 1 is 1.30 bits per heavy atom. The van der Waals surface area contributed by atoms with E-state index in [1.165, 1.54) is 23.5 Å². The van der Waals surface area contributed by atoms with Crippen molar-refractivity contribution < 1.29 is 4.39 Å². The Morgan fingerprint density at radius 2 is 2.00 bits per heavy atom. The van der Waals surface area contributed by atoms with Crippen LogP contribution in [0.4, 0.5) is 4.39 Å². The Bertz CT molecular complexity index is 833. The Labute approximate surface area is 119 Å². The fourth-order valence-electron chi connectivity index (χ4n) is 2.30. The Kier molecular flexibility index (Phi) is 3.14. The van der Waals surface area contributed by atoms with Crippen LogP contribution in [-0.4, -0.2) is 9.97 Å². The van der Waals surface area contributed by atoms with Crippen molar-refractivity contribution in [2.75, 3.05) is 0 Å². The maximum atomic E-state index is 13.0. The van der Waals surface area contributed by atoms with E-state index in [0.717, 1.165) is 20.8 Å². The van der Waals surface area contributed by atoms with Crippen molar-refractivity contribution in [3.8, 4) is 11.1 Å². The standard InChI is InChI=1S/C15H13FN2OS/c1-3-11-17-14(19)13-12(8(2)20-15(13)18-11)9-4-6-10(16)7-5-9/h4-7H,3H2,1-2H3,(H,17,18,19). The zero-order valence-electron chi connectivity index (χ0n) is 11.2. The summed E-state index contributed by atoms with van der Waals surface area (Å²) in [5.41, 5.74) is 1.56. The summed E-state index contributed by atoms with van der Waals surface area (Å²) in [5.74, 6) is 0.403. The minimum absolute atomic E-state index is 0.129. The quantitative estimate of drug-likeness (QED) is 0.782. The molecule has 3 aromatic rings. The molecule has 0 fully saturated rings. The van der Waals surface area contributed by atoms with E-state index in [2.05, 4.69) is 9.97 Å². The summed E-state index contributed by atoms with van der Waals surface area (Å²) in [7, 11) is 0. The van der Waals surface area contributed by atoms with E-state index in [9.17, 15) is 9.18 Å². The molecular weight excluding hydrogens is 275 g/mol. The van der Waals surface area contributed by atoms with Crippen LogP contribution in [-0.2, 0) is 6.42 Å². The van der Waals surface area contributed by atoms with E-state index < -0.39 is 0 Å². The van der Waals surface area contributed by atoms with Gasteiger partial charge in [0, 0.05) is 16.9 Å². The fourth-order valence-corrected chi connectivity index (χ4v) is 3.36. The van der Waals surface area contributed by atoms with E-state index in [4.69, 9.17) is 0 Å². The maximum Gasteiger partial charge on any atom is 0.260 e. The van der Waals surface area contributed by atoms with Gasteiger partial charge in [0.05, 0.1) is 5.39 Å². The number of thiophene rings is 1. The highest BCUT2D eigenvalue weighted by molar-refractivity contribution is 7.19. The van der Waals surface area contributed by atoms with Gasteiger partial charge in [0.1, 0.15) is 16.5 Å². The lowest BCUT2D eigenvalue weighted by Gasteiger charge is -2.02. The summed E-state index contributed by atoms with van der Waals surface area (Å²) in [4.78, 5) is 21.3. The third-order valence-electron chi connectivity index (χ3n) is 3.25. The van der Waals surface area contributed by atoms with E-state index >= 15 is 0 Å². The number of benzene rings is 1. The number of hydrogen-bond donors (Lipinski definition) is 1. The highest BCUT2D eigenvalue weighted by Crippen LogP contribution is 2.35. The first-order valence-corrected chi connectivity index (χ1v) is 7.20. The van der Waals surface area contributed by atoms with E-state index in [1.54, 1.807) is 12.1 Å². The lowest BCUT2D eigenvalue weighted by Crippen LogP contribution is -2.10. The van der Waals surface area contributed by atoms with Crippen LogP contribution in [0.25, 0.3) is 21.3 Å². The molecule has 1 aromatic carbocycles. The molecule has 0 saturated carbocycles. The molecule has 0 radical (unpaired) electrons. The molecule has 3 rings (SSSR count). The number of H-pyrrole nitrogens is 1. The first kappa shape index (κ1) is 13.0. The van der Waals surface area contributed by atoms with Crippen LogP contribution in [0.3, 0.4) is 0 Å². The molecule has 0 amide bonds. The topological polar surface area (TPSA) is 45.8 Å². The van der Waals surface area contributed by atoms with Crippen LogP contribution >= 0.6 is 11.3 Å². The number of aromatic nitrogens is 2. The third-order valence-corrected chi connectivity index (χ3v) is 4.25.